The SMILES string of the molecule is COc1cc(OC)cc(-c2cc3cnc(N)nc3nc2C(C)(C)C)c1. The van der Waals surface area contributed by atoms with E-state index in [2.05, 4.69) is 30.7 Å². The molecule has 0 aliphatic carbocycles. The predicted molar refractivity (Wildman–Crippen MR) is 99.0 cm³/mol. The van der Waals surface area contributed by atoms with Crippen LogP contribution in [0.4, 0.5) is 5.95 Å². The third-order valence-electron chi connectivity index (χ3n) is 3.96. The Labute approximate surface area is 147 Å². The molecule has 3 aromatic rings. The van der Waals surface area contributed by atoms with E-state index in [0.717, 1.165) is 33.7 Å². The van der Waals surface area contributed by atoms with Gasteiger partial charge in [0.1, 0.15) is 11.5 Å². The first-order chi connectivity index (χ1) is 11.8. The Morgan fingerprint density at radius 1 is 0.920 bits per heavy atom. The van der Waals surface area contributed by atoms with Crippen LogP contribution < -0.4 is 15.2 Å². The number of ether oxygens (including phenoxy) is 2. The molecule has 0 spiro atoms. The second-order valence-corrected chi connectivity index (χ2v) is 6.88. The van der Waals surface area contributed by atoms with Gasteiger partial charge in [0.2, 0.25) is 5.95 Å². The molecule has 0 fully saturated rings. The van der Waals surface area contributed by atoms with Crippen molar-refractivity contribution in [3.8, 4) is 22.6 Å². The first kappa shape index (κ1) is 17.0. The molecule has 0 radical (unpaired) electrons. The highest BCUT2D eigenvalue weighted by Crippen LogP contribution is 2.37. The molecular formula is C19H22N4O2. The van der Waals surface area contributed by atoms with Gasteiger partial charge in [0.05, 0.1) is 19.9 Å². The van der Waals surface area contributed by atoms with Crippen LogP contribution in [0.15, 0.2) is 30.5 Å². The molecule has 0 amide bonds. The predicted octanol–water partition coefficient (Wildman–Crippen LogP) is 3.59. The molecular weight excluding hydrogens is 316 g/mol. The lowest BCUT2D eigenvalue weighted by Crippen LogP contribution is -2.16. The Morgan fingerprint density at radius 2 is 1.56 bits per heavy atom. The highest BCUT2D eigenvalue weighted by molar-refractivity contribution is 5.83. The zero-order chi connectivity index (χ0) is 18.2. The van der Waals surface area contributed by atoms with Gasteiger partial charge in [0.25, 0.3) is 0 Å². The van der Waals surface area contributed by atoms with Crippen LogP contribution in [-0.2, 0) is 5.41 Å². The molecule has 0 saturated carbocycles. The van der Waals surface area contributed by atoms with Gasteiger partial charge >= 0.3 is 0 Å². The van der Waals surface area contributed by atoms with Gasteiger partial charge in [-0.2, -0.15) is 4.98 Å². The number of nitrogens with zero attached hydrogens (tertiary/aromatic N) is 3. The number of hydrogen-bond donors (Lipinski definition) is 1. The van der Waals surface area contributed by atoms with Gasteiger partial charge in [-0.3, -0.25) is 0 Å². The summed E-state index contributed by atoms with van der Waals surface area (Å²) in [7, 11) is 3.27. The maximum atomic E-state index is 5.71. The lowest BCUT2D eigenvalue weighted by atomic mass is 9.85. The van der Waals surface area contributed by atoms with E-state index in [-0.39, 0.29) is 11.4 Å². The number of nitrogens with two attached hydrogens (primary N) is 1. The number of nitrogen functional groups attached to an aromatic ring is 1. The molecule has 0 bridgehead atoms. The number of fused-ring (bicyclic) bond motifs is 1. The maximum Gasteiger partial charge on any atom is 0.222 e. The summed E-state index contributed by atoms with van der Waals surface area (Å²) >= 11 is 0. The normalized spacial score (nSPS) is 11.6. The molecule has 2 N–H and O–H groups in total. The number of hydrogen-bond acceptors (Lipinski definition) is 6. The fourth-order valence-electron chi connectivity index (χ4n) is 2.73. The molecule has 25 heavy (non-hydrogen) atoms. The number of anilines is 1. The van der Waals surface area contributed by atoms with Gasteiger partial charge in [-0.25, -0.2) is 9.97 Å². The van der Waals surface area contributed by atoms with Crippen molar-refractivity contribution in [2.24, 2.45) is 0 Å². The van der Waals surface area contributed by atoms with E-state index in [1.807, 2.05) is 24.3 Å². The fourth-order valence-corrected chi connectivity index (χ4v) is 2.73. The van der Waals surface area contributed by atoms with Crippen molar-refractivity contribution in [1.82, 2.24) is 15.0 Å². The highest BCUT2D eigenvalue weighted by Gasteiger charge is 2.23. The maximum absolute atomic E-state index is 5.71. The van der Waals surface area contributed by atoms with Crippen LogP contribution in [-0.4, -0.2) is 29.2 Å². The van der Waals surface area contributed by atoms with Crippen LogP contribution in [0.5, 0.6) is 11.5 Å². The quantitative estimate of drug-likeness (QED) is 0.786. The van der Waals surface area contributed by atoms with E-state index < -0.39 is 0 Å². The largest absolute Gasteiger partial charge is 0.497 e. The number of rotatable bonds is 3. The first-order valence-corrected chi connectivity index (χ1v) is 7.99. The van der Waals surface area contributed by atoms with Crippen molar-refractivity contribution in [3.05, 3.63) is 36.2 Å². The van der Waals surface area contributed by atoms with Gasteiger partial charge in [0.15, 0.2) is 5.65 Å². The number of methoxy groups -OCH3 is 2. The second-order valence-electron chi connectivity index (χ2n) is 6.88. The molecule has 1 aromatic carbocycles. The van der Waals surface area contributed by atoms with E-state index in [9.17, 15) is 0 Å². The minimum atomic E-state index is -0.181. The van der Waals surface area contributed by atoms with Crippen molar-refractivity contribution < 1.29 is 9.47 Å². The molecule has 0 atom stereocenters. The van der Waals surface area contributed by atoms with Crippen molar-refractivity contribution in [2.75, 3.05) is 20.0 Å². The summed E-state index contributed by atoms with van der Waals surface area (Å²) in [5.74, 6) is 1.67. The number of benzene rings is 1. The van der Waals surface area contributed by atoms with E-state index in [4.69, 9.17) is 20.2 Å². The molecule has 3 rings (SSSR count). The van der Waals surface area contributed by atoms with Gasteiger partial charge < -0.3 is 15.2 Å². The minimum Gasteiger partial charge on any atom is -0.497 e. The number of aromatic nitrogens is 3. The van der Waals surface area contributed by atoms with Crippen LogP contribution in [0, 0.1) is 0 Å². The molecule has 0 aliphatic rings. The summed E-state index contributed by atoms with van der Waals surface area (Å²) in [6.07, 6.45) is 1.69. The van der Waals surface area contributed by atoms with E-state index in [1.165, 1.54) is 0 Å². The molecule has 130 valence electrons. The molecule has 2 heterocycles. The molecule has 0 saturated heterocycles. The molecule has 6 nitrogen and oxygen atoms in total. The van der Waals surface area contributed by atoms with Gasteiger partial charge in [0, 0.05) is 28.6 Å². The zero-order valence-electron chi connectivity index (χ0n) is 15.1. The van der Waals surface area contributed by atoms with Crippen LogP contribution in [0.3, 0.4) is 0 Å². The van der Waals surface area contributed by atoms with Gasteiger partial charge in [-0.1, -0.05) is 20.8 Å². The Hall–Kier alpha value is -2.89. The van der Waals surface area contributed by atoms with Crippen LogP contribution in [0.2, 0.25) is 0 Å². The molecule has 0 unspecified atom stereocenters. The van der Waals surface area contributed by atoms with Crippen molar-refractivity contribution in [1.29, 1.82) is 0 Å². The number of pyridine rings is 1. The van der Waals surface area contributed by atoms with Crippen molar-refractivity contribution in [2.45, 2.75) is 26.2 Å². The van der Waals surface area contributed by atoms with Gasteiger partial charge in [-0.15, -0.1) is 0 Å². The average Bonchev–Trinajstić information content (AvgIpc) is 2.59. The second kappa shape index (κ2) is 6.20. The monoisotopic (exact) mass is 338 g/mol. The van der Waals surface area contributed by atoms with Crippen LogP contribution in [0.1, 0.15) is 26.5 Å². The lowest BCUT2D eigenvalue weighted by molar-refractivity contribution is 0.394. The summed E-state index contributed by atoms with van der Waals surface area (Å²) < 4.78 is 10.8. The summed E-state index contributed by atoms with van der Waals surface area (Å²) in [5, 5.41) is 0.832. The summed E-state index contributed by atoms with van der Waals surface area (Å²) in [6, 6.07) is 7.83. The zero-order valence-corrected chi connectivity index (χ0v) is 15.1. The summed E-state index contributed by atoms with van der Waals surface area (Å²) in [6.45, 7) is 6.35. The highest BCUT2D eigenvalue weighted by atomic mass is 16.5. The first-order valence-electron chi connectivity index (χ1n) is 7.99. The topological polar surface area (TPSA) is 83.2 Å². The molecule has 2 aromatic heterocycles. The Morgan fingerprint density at radius 3 is 2.12 bits per heavy atom. The Bertz CT molecular complexity index is 910. The Kier molecular flexibility index (Phi) is 4.20. The standard InChI is InChI=1S/C19H22N4O2/c1-19(2,3)16-15(8-12-10-21-18(20)23-17(12)22-16)11-6-13(24-4)9-14(7-11)25-5/h6-10H,1-5H3,(H2,20,21,22,23). The van der Waals surface area contributed by atoms with E-state index in [0.29, 0.717) is 5.65 Å². The average molecular weight is 338 g/mol. The third-order valence-corrected chi connectivity index (χ3v) is 3.96. The van der Waals surface area contributed by atoms with Crippen LogP contribution in [0.25, 0.3) is 22.2 Å². The lowest BCUT2D eigenvalue weighted by Gasteiger charge is -2.22. The summed E-state index contributed by atoms with van der Waals surface area (Å²) in [4.78, 5) is 13.1. The van der Waals surface area contributed by atoms with Crippen molar-refractivity contribution in [3.63, 3.8) is 0 Å². The van der Waals surface area contributed by atoms with Gasteiger partial charge in [-0.05, 0) is 23.8 Å². The van der Waals surface area contributed by atoms with E-state index >= 15 is 0 Å². The smallest absolute Gasteiger partial charge is 0.222 e. The minimum absolute atomic E-state index is 0.181. The Balaban J connectivity index is 2.32. The van der Waals surface area contributed by atoms with E-state index in [1.54, 1.807) is 20.4 Å². The molecule has 6 heteroatoms. The summed E-state index contributed by atoms with van der Waals surface area (Å²) in [5.41, 5.74) is 9.01. The molecule has 0 aliphatic heterocycles. The van der Waals surface area contributed by atoms with Crippen molar-refractivity contribution >= 4 is 17.0 Å². The van der Waals surface area contributed by atoms with Crippen LogP contribution >= 0.6 is 0 Å². The fraction of sp³-hybridized carbons (Fsp3) is 0.316. The third kappa shape index (κ3) is 3.33.